The highest BCUT2D eigenvalue weighted by molar-refractivity contribution is 5.34. The molecule has 1 fully saturated rings. The van der Waals surface area contributed by atoms with Gasteiger partial charge in [0.15, 0.2) is 5.82 Å². The van der Waals surface area contributed by atoms with E-state index in [2.05, 4.69) is 15.5 Å². The third-order valence-corrected chi connectivity index (χ3v) is 7.62. The number of rotatable bonds is 7. The molecule has 0 radical (unpaired) electrons. The molecule has 13 heteroatoms. The van der Waals surface area contributed by atoms with Crippen molar-refractivity contribution in [1.29, 1.82) is 0 Å². The highest BCUT2D eigenvalue weighted by atomic mass is 19.4. The van der Waals surface area contributed by atoms with Crippen LogP contribution in [-0.2, 0) is 23.7 Å². The normalized spacial score (nSPS) is 26.6. The molecule has 1 aliphatic carbocycles. The number of allylic oxidation sites excluding steroid dienone is 3. The van der Waals surface area contributed by atoms with Crippen molar-refractivity contribution in [3.05, 3.63) is 75.5 Å². The van der Waals surface area contributed by atoms with Gasteiger partial charge in [0, 0.05) is 18.0 Å². The van der Waals surface area contributed by atoms with Gasteiger partial charge >= 0.3 is 18.0 Å². The Balaban J connectivity index is 1.59. The van der Waals surface area contributed by atoms with Crippen LogP contribution in [0.15, 0.2) is 47.3 Å². The zero-order chi connectivity index (χ0) is 28.6. The van der Waals surface area contributed by atoms with E-state index in [1.54, 1.807) is 0 Å². The number of ether oxygens (including phenoxy) is 1. The lowest BCUT2D eigenvalue weighted by atomic mass is 9.70. The van der Waals surface area contributed by atoms with Gasteiger partial charge < -0.3 is 15.2 Å². The Morgan fingerprint density at radius 3 is 2.31 bits per heavy atom. The van der Waals surface area contributed by atoms with Crippen molar-refractivity contribution in [3.63, 3.8) is 0 Å². The fraction of sp³-hybridized carbons (Fsp3) is 0.538. The molecule has 3 N–H and O–H groups in total. The number of benzene rings is 1. The van der Waals surface area contributed by atoms with Gasteiger partial charge in [0.05, 0.1) is 29.9 Å². The van der Waals surface area contributed by atoms with Gasteiger partial charge in [-0.25, -0.2) is 9.89 Å². The first-order chi connectivity index (χ1) is 18.2. The lowest BCUT2D eigenvalue weighted by Crippen LogP contribution is -2.60. The molecule has 1 aromatic carbocycles. The predicted octanol–water partition coefficient (Wildman–Crippen LogP) is 4.92. The topological polar surface area (TPSA) is 92.2 Å². The Morgan fingerprint density at radius 1 is 1.13 bits per heavy atom. The van der Waals surface area contributed by atoms with Gasteiger partial charge in [0.25, 0.3) is 0 Å². The summed E-state index contributed by atoms with van der Waals surface area (Å²) >= 11 is 0. The van der Waals surface area contributed by atoms with Crippen molar-refractivity contribution in [2.24, 2.45) is 11.8 Å². The largest absolute Gasteiger partial charge is 0.416 e. The number of aromatic amines is 1. The summed E-state index contributed by atoms with van der Waals surface area (Å²) in [6.07, 6.45) is -2.19. The minimum absolute atomic E-state index is 0.00118. The van der Waals surface area contributed by atoms with Crippen molar-refractivity contribution in [2.45, 2.75) is 63.3 Å². The quantitative estimate of drug-likeness (QED) is 0.418. The predicted molar refractivity (Wildman–Crippen MR) is 130 cm³/mol. The first kappa shape index (κ1) is 29.1. The van der Waals surface area contributed by atoms with Crippen molar-refractivity contribution in [2.75, 3.05) is 13.2 Å². The molecule has 1 aromatic heterocycles. The smallest absolute Gasteiger partial charge is 0.388 e. The number of hydrogen-bond donors (Lipinski definition) is 3. The van der Waals surface area contributed by atoms with Crippen molar-refractivity contribution in [3.8, 4) is 0 Å². The molecular formula is C26H30F6N4O3. The molecule has 1 unspecified atom stereocenters. The molecule has 5 atom stereocenters. The summed E-state index contributed by atoms with van der Waals surface area (Å²) in [6, 6.07) is 1.15. The first-order valence-electron chi connectivity index (χ1n) is 12.5. The number of H-pyrrole nitrogens is 1. The van der Waals surface area contributed by atoms with Crippen LogP contribution in [-0.4, -0.2) is 38.6 Å². The number of nitrogens with one attached hydrogen (secondary N) is 2. The summed E-state index contributed by atoms with van der Waals surface area (Å²) in [4.78, 5) is 12.3. The summed E-state index contributed by atoms with van der Waals surface area (Å²) in [6.45, 7) is 3.32. The maximum Gasteiger partial charge on any atom is 0.416 e. The molecule has 2 aromatic rings. The minimum atomic E-state index is -4.95. The molecular weight excluding hydrogens is 530 g/mol. The third kappa shape index (κ3) is 6.15. The van der Waals surface area contributed by atoms with Crippen LogP contribution in [0.4, 0.5) is 26.3 Å². The van der Waals surface area contributed by atoms with Gasteiger partial charge in [-0.1, -0.05) is 31.2 Å². The Labute approximate surface area is 220 Å². The zero-order valence-corrected chi connectivity index (χ0v) is 21.3. The number of aliphatic hydroxyl groups is 1. The summed E-state index contributed by atoms with van der Waals surface area (Å²) in [5.74, 6) is 0.164. The number of halogens is 6. The fourth-order valence-corrected chi connectivity index (χ4v) is 5.47. The van der Waals surface area contributed by atoms with Crippen LogP contribution in [0.25, 0.3) is 0 Å². The van der Waals surface area contributed by atoms with Crippen LogP contribution in [0.2, 0.25) is 0 Å². The summed E-state index contributed by atoms with van der Waals surface area (Å²) in [7, 11) is 0. The van der Waals surface area contributed by atoms with Crippen LogP contribution < -0.4 is 11.0 Å². The second-order valence-electron chi connectivity index (χ2n) is 10.1. The van der Waals surface area contributed by atoms with Crippen LogP contribution in [0.1, 0.15) is 61.3 Å². The van der Waals surface area contributed by atoms with E-state index in [-0.39, 0.29) is 41.9 Å². The lowest BCUT2D eigenvalue weighted by Gasteiger charge is -2.48. The molecule has 2 aliphatic rings. The van der Waals surface area contributed by atoms with Gasteiger partial charge in [-0.3, -0.25) is 4.57 Å². The summed E-state index contributed by atoms with van der Waals surface area (Å²) < 4.78 is 87.7. The van der Waals surface area contributed by atoms with Crippen LogP contribution in [0.3, 0.4) is 0 Å². The van der Waals surface area contributed by atoms with Gasteiger partial charge in [0.1, 0.15) is 6.61 Å². The average Bonchev–Trinajstić information content (AvgIpc) is 3.27. The number of hydrogen-bond acceptors (Lipinski definition) is 5. The molecule has 7 nitrogen and oxygen atoms in total. The lowest BCUT2D eigenvalue weighted by molar-refractivity contribution is -0.143. The minimum Gasteiger partial charge on any atom is -0.388 e. The van der Waals surface area contributed by atoms with Gasteiger partial charge in [-0.2, -0.15) is 31.4 Å². The highest BCUT2D eigenvalue weighted by Crippen LogP contribution is 2.41. The standard InChI is InChI=1S/C26H30F6N4O3/c1-15-5-3-4-6-21(15)24(8-7-20(12-33-24)36-22(13-37)34-35-23(36)38)14-39-16(2)17-9-18(25(27,28)29)11-19(10-17)26(30,31)32/h3-6,9-11,15-16,20-21,33,37H,7-8,12-14H2,1-2H3,(H,35,38)/t15-,16+,20-,21?,24+/m0/s1. The first-order valence-corrected chi connectivity index (χ1v) is 12.5. The van der Waals surface area contributed by atoms with Crippen LogP contribution in [0, 0.1) is 11.8 Å². The fourth-order valence-electron chi connectivity index (χ4n) is 5.47. The molecule has 2 heterocycles. The Bertz CT molecular complexity index is 1240. The molecule has 0 bridgehead atoms. The molecule has 0 amide bonds. The van der Waals surface area contributed by atoms with E-state index in [0.717, 1.165) is 0 Å². The SMILES string of the molecule is C[C@@H](OC[C@@]1(C2C=CC=C[C@@H]2C)CC[C@H](n2c(CO)n[nH]c2=O)CN1)c1cc(C(F)(F)F)cc(C(F)(F)F)c1. The zero-order valence-electron chi connectivity index (χ0n) is 21.3. The number of aliphatic hydroxyl groups excluding tert-OH is 1. The van der Waals surface area contributed by atoms with E-state index < -0.39 is 47.4 Å². The van der Waals surface area contributed by atoms with Gasteiger partial charge in [-0.05, 0) is 49.4 Å². The molecule has 1 aliphatic heterocycles. The Hall–Kier alpha value is -2.90. The van der Waals surface area contributed by atoms with Gasteiger partial charge in [0.2, 0.25) is 0 Å². The van der Waals surface area contributed by atoms with Crippen LogP contribution in [0.5, 0.6) is 0 Å². The summed E-state index contributed by atoms with van der Waals surface area (Å²) in [5, 5.41) is 19.2. The Kier molecular flexibility index (Phi) is 8.16. The molecule has 214 valence electrons. The molecule has 4 rings (SSSR count). The average molecular weight is 561 g/mol. The van der Waals surface area contributed by atoms with Crippen molar-refractivity contribution < 1.29 is 36.2 Å². The molecule has 39 heavy (non-hydrogen) atoms. The van der Waals surface area contributed by atoms with E-state index in [0.29, 0.717) is 31.5 Å². The third-order valence-electron chi connectivity index (χ3n) is 7.62. The van der Waals surface area contributed by atoms with E-state index in [1.807, 2.05) is 31.2 Å². The van der Waals surface area contributed by atoms with E-state index >= 15 is 0 Å². The van der Waals surface area contributed by atoms with Crippen molar-refractivity contribution in [1.82, 2.24) is 20.1 Å². The van der Waals surface area contributed by atoms with Gasteiger partial charge in [-0.15, -0.1) is 0 Å². The molecule has 0 saturated carbocycles. The maximum absolute atomic E-state index is 13.4. The number of nitrogens with zero attached hydrogens (tertiary/aromatic N) is 2. The number of alkyl halides is 6. The Morgan fingerprint density at radius 2 is 1.77 bits per heavy atom. The number of piperidine rings is 1. The summed E-state index contributed by atoms with van der Waals surface area (Å²) in [5.41, 5.74) is -4.19. The van der Waals surface area contributed by atoms with E-state index in [9.17, 15) is 36.2 Å². The highest BCUT2D eigenvalue weighted by Gasteiger charge is 2.44. The van der Waals surface area contributed by atoms with E-state index in [4.69, 9.17) is 4.74 Å². The second-order valence-corrected chi connectivity index (χ2v) is 10.1. The monoisotopic (exact) mass is 560 g/mol. The number of aromatic nitrogens is 3. The molecule has 1 saturated heterocycles. The molecule has 0 spiro atoms. The second kappa shape index (κ2) is 10.9. The van der Waals surface area contributed by atoms with Crippen molar-refractivity contribution >= 4 is 0 Å². The maximum atomic E-state index is 13.4. The van der Waals surface area contributed by atoms with Crippen LogP contribution >= 0.6 is 0 Å². The van der Waals surface area contributed by atoms with E-state index in [1.165, 1.54) is 11.5 Å².